The maximum Gasteiger partial charge on any atom is 0.0595 e. The summed E-state index contributed by atoms with van der Waals surface area (Å²) in [5, 5.41) is 1.26. The number of rotatable bonds is 2. The van der Waals surface area contributed by atoms with E-state index in [1.807, 2.05) is 12.1 Å². The van der Waals surface area contributed by atoms with E-state index in [1.54, 1.807) is 0 Å². The maximum absolute atomic E-state index is 6.25. The molecule has 1 nitrogen and oxygen atoms in total. The Labute approximate surface area is 141 Å². The summed E-state index contributed by atoms with van der Waals surface area (Å²) in [7, 11) is 0. The summed E-state index contributed by atoms with van der Waals surface area (Å²) in [5.74, 6) is 1.07. The molecule has 114 valence electrons. The summed E-state index contributed by atoms with van der Waals surface area (Å²) >= 11 is 12.3. The highest BCUT2D eigenvalue weighted by molar-refractivity contribution is 6.42. The monoisotopic (exact) mass is 331 g/mol. The van der Waals surface area contributed by atoms with Gasteiger partial charge < -0.3 is 5.73 Å². The Morgan fingerprint density at radius 3 is 2.59 bits per heavy atom. The first-order valence-electron chi connectivity index (χ1n) is 7.86. The smallest absolute Gasteiger partial charge is 0.0595 e. The van der Waals surface area contributed by atoms with Crippen LogP contribution in [0.25, 0.3) is 0 Å². The Morgan fingerprint density at radius 1 is 1.05 bits per heavy atom. The molecule has 1 fully saturated rings. The molecule has 22 heavy (non-hydrogen) atoms. The zero-order chi connectivity index (χ0) is 15.3. The van der Waals surface area contributed by atoms with Crippen LogP contribution in [0.4, 0.5) is 0 Å². The highest BCUT2D eigenvalue weighted by Gasteiger charge is 2.55. The fourth-order valence-electron chi connectivity index (χ4n) is 4.26. The molecule has 2 aliphatic carbocycles. The number of halogens is 2. The van der Waals surface area contributed by atoms with Crippen molar-refractivity contribution in [2.45, 2.75) is 25.2 Å². The van der Waals surface area contributed by atoms with Gasteiger partial charge in [-0.1, -0.05) is 53.5 Å². The highest BCUT2D eigenvalue weighted by Crippen LogP contribution is 2.63. The molecule has 0 aliphatic heterocycles. The van der Waals surface area contributed by atoms with Crippen molar-refractivity contribution < 1.29 is 0 Å². The molecule has 0 aromatic heterocycles. The van der Waals surface area contributed by atoms with Crippen LogP contribution in [0.15, 0.2) is 42.5 Å². The van der Waals surface area contributed by atoms with E-state index < -0.39 is 0 Å². The SMILES string of the molecule is NCC1C[C@@]12Cc1ccccc1[C@H](c1ccc(Cl)c(Cl)c1)C2. The van der Waals surface area contributed by atoms with Crippen molar-refractivity contribution >= 4 is 23.2 Å². The molecule has 0 saturated heterocycles. The predicted molar refractivity (Wildman–Crippen MR) is 92.7 cm³/mol. The maximum atomic E-state index is 6.25. The fraction of sp³-hybridized carbons (Fsp3) is 0.368. The van der Waals surface area contributed by atoms with Gasteiger partial charge in [0.1, 0.15) is 0 Å². The quantitative estimate of drug-likeness (QED) is 0.819. The second kappa shape index (κ2) is 5.26. The van der Waals surface area contributed by atoms with Gasteiger partial charge in [-0.3, -0.25) is 0 Å². The Hall–Kier alpha value is -1.02. The largest absolute Gasteiger partial charge is 0.330 e. The molecule has 3 heteroatoms. The number of benzene rings is 2. The summed E-state index contributed by atoms with van der Waals surface area (Å²) in [6.45, 7) is 0.802. The van der Waals surface area contributed by atoms with Gasteiger partial charge in [-0.2, -0.15) is 0 Å². The summed E-state index contributed by atoms with van der Waals surface area (Å²) in [4.78, 5) is 0. The third-order valence-corrected chi connectivity index (χ3v) is 6.31. The van der Waals surface area contributed by atoms with E-state index >= 15 is 0 Å². The summed E-state index contributed by atoms with van der Waals surface area (Å²) < 4.78 is 0. The summed E-state index contributed by atoms with van der Waals surface area (Å²) in [5.41, 5.74) is 10.5. The molecule has 1 saturated carbocycles. The first-order chi connectivity index (χ1) is 10.6. The van der Waals surface area contributed by atoms with Crippen LogP contribution in [0.3, 0.4) is 0 Å². The lowest BCUT2D eigenvalue weighted by molar-refractivity contribution is 0.371. The van der Waals surface area contributed by atoms with Crippen LogP contribution in [-0.2, 0) is 6.42 Å². The lowest BCUT2D eigenvalue weighted by atomic mass is 9.71. The topological polar surface area (TPSA) is 26.0 Å². The molecular formula is C19H19Cl2N. The molecule has 0 bridgehead atoms. The predicted octanol–water partition coefficient (Wildman–Crippen LogP) is 5.04. The average Bonchev–Trinajstić information content (AvgIpc) is 3.21. The van der Waals surface area contributed by atoms with Gasteiger partial charge in [0.15, 0.2) is 0 Å². The van der Waals surface area contributed by atoms with Crippen molar-refractivity contribution in [2.75, 3.05) is 6.54 Å². The van der Waals surface area contributed by atoms with Gasteiger partial charge >= 0.3 is 0 Å². The van der Waals surface area contributed by atoms with Crippen LogP contribution < -0.4 is 5.73 Å². The second-order valence-electron chi connectivity index (χ2n) is 6.80. The van der Waals surface area contributed by atoms with E-state index in [0.29, 0.717) is 27.3 Å². The van der Waals surface area contributed by atoms with E-state index in [0.717, 1.165) is 6.54 Å². The Morgan fingerprint density at radius 2 is 1.86 bits per heavy atom. The first-order valence-corrected chi connectivity index (χ1v) is 8.61. The average molecular weight is 332 g/mol. The second-order valence-corrected chi connectivity index (χ2v) is 7.62. The van der Waals surface area contributed by atoms with Crippen LogP contribution >= 0.6 is 23.2 Å². The first kappa shape index (κ1) is 14.6. The molecular weight excluding hydrogens is 313 g/mol. The number of hydrogen-bond acceptors (Lipinski definition) is 1. The molecule has 2 aromatic rings. The standard InChI is InChI=1S/C19H19Cl2N/c20-17-6-5-12(7-18(17)21)16-10-19(9-14(19)11-22)8-13-3-1-2-4-15(13)16/h1-7,14,16H,8-11,22H2/t14?,16-,19+/m0/s1. The number of hydrogen-bond donors (Lipinski definition) is 1. The van der Waals surface area contributed by atoms with Crippen LogP contribution in [0.5, 0.6) is 0 Å². The lowest BCUT2D eigenvalue weighted by Gasteiger charge is -2.33. The highest BCUT2D eigenvalue weighted by atomic mass is 35.5. The molecule has 2 aliphatic rings. The van der Waals surface area contributed by atoms with Gasteiger partial charge in [0, 0.05) is 5.92 Å². The minimum atomic E-state index is 0.399. The molecule has 0 radical (unpaired) electrons. The Balaban J connectivity index is 1.78. The van der Waals surface area contributed by atoms with Crippen molar-refractivity contribution in [2.24, 2.45) is 17.1 Å². The molecule has 3 atom stereocenters. The number of nitrogens with two attached hydrogens (primary N) is 1. The van der Waals surface area contributed by atoms with Crippen LogP contribution in [0.2, 0.25) is 10.0 Å². The van der Waals surface area contributed by atoms with Gasteiger partial charge in [0.05, 0.1) is 10.0 Å². The van der Waals surface area contributed by atoms with E-state index in [1.165, 1.54) is 36.0 Å². The summed E-state index contributed by atoms with van der Waals surface area (Å²) in [6, 6.07) is 14.9. The van der Waals surface area contributed by atoms with E-state index in [2.05, 4.69) is 30.3 Å². The van der Waals surface area contributed by atoms with Crippen molar-refractivity contribution in [1.82, 2.24) is 0 Å². The van der Waals surface area contributed by atoms with Crippen LogP contribution in [0.1, 0.15) is 35.4 Å². The lowest BCUT2D eigenvalue weighted by Crippen LogP contribution is -2.24. The van der Waals surface area contributed by atoms with Gasteiger partial charge in [0.25, 0.3) is 0 Å². The molecule has 1 unspecified atom stereocenters. The molecule has 2 N–H and O–H groups in total. The molecule has 1 spiro atoms. The van der Waals surface area contributed by atoms with Crippen molar-refractivity contribution in [1.29, 1.82) is 0 Å². The van der Waals surface area contributed by atoms with E-state index in [4.69, 9.17) is 28.9 Å². The summed E-state index contributed by atoms with van der Waals surface area (Å²) in [6.07, 6.45) is 3.60. The molecule has 0 amide bonds. The van der Waals surface area contributed by atoms with Crippen molar-refractivity contribution in [3.63, 3.8) is 0 Å². The fourth-order valence-corrected chi connectivity index (χ4v) is 4.57. The zero-order valence-electron chi connectivity index (χ0n) is 12.4. The van der Waals surface area contributed by atoms with Gasteiger partial charge in [0.2, 0.25) is 0 Å². The van der Waals surface area contributed by atoms with Crippen LogP contribution in [-0.4, -0.2) is 6.54 Å². The molecule has 2 aromatic carbocycles. The third-order valence-electron chi connectivity index (χ3n) is 5.57. The Kier molecular flexibility index (Phi) is 3.48. The van der Waals surface area contributed by atoms with Crippen LogP contribution in [0, 0.1) is 11.3 Å². The van der Waals surface area contributed by atoms with Gasteiger partial charge in [-0.05, 0) is 66.0 Å². The zero-order valence-corrected chi connectivity index (χ0v) is 13.9. The van der Waals surface area contributed by atoms with E-state index in [-0.39, 0.29) is 0 Å². The van der Waals surface area contributed by atoms with Crippen molar-refractivity contribution in [3.8, 4) is 0 Å². The molecule has 4 rings (SSSR count). The normalized spacial score (nSPS) is 29.4. The number of fused-ring (bicyclic) bond motifs is 1. The van der Waals surface area contributed by atoms with Crippen molar-refractivity contribution in [3.05, 3.63) is 69.2 Å². The minimum Gasteiger partial charge on any atom is -0.330 e. The Bertz CT molecular complexity index is 727. The van der Waals surface area contributed by atoms with Gasteiger partial charge in [-0.15, -0.1) is 0 Å². The third kappa shape index (κ3) is 2.27. The minimum absolute atomic E-state index is 0.399. The van der Waals surface area contributed by atoms with E-state index in [9.17, 15) is 0 Å². The van der Waals surface area contributed by atoms with Gasteiger partial charge in [-0.25, -0.2) is 0 Å². The molecule has 0 heterocycles.